The van der Waals surface area contributed by atoms with Gasteiger partial charge in [0.15, 0.2) is 0 Å². The molecule has 0 aromatic heterocycles. The Balaban J connectivity index is 0.000000257. The van der Waals surface area contributed by atoms with Crippen LogP contribution in [-0.4, -0.2) is 3.21 Å². The minimum Gasteiger partial charge on any atom is -0.168 e. The van der Waals surface area contributed by atoms with E-state index in [4.69, 9.17) is 0 Å². The first-order valence-corrected chi connectivity index (χ1v) is 12.2. The Hall–Kier alpha value is -1.92. The van der Waals surface area contributed by atoms with E-state index in [2.05, 4.69) is 142 Å². The van der Waals surface area contributed by atoms with Gasteiger partial charge in [0.1, 0.15) is 0 Å². The maximum atomic E-state index is 3.16. The molecule has 0 nitrogen and oxygen atoms in total. The van der Waals surface area contributed by atoms with Crippen molar-refractivity contribution >= 4 is 14.0 Å². The van der Waals surface area contributed by atoms with Crippen molar-refractivity contribution < 1.29 is 49.0 Å². The molecule has 0 spiro atoms. The van der Waals surface area contributed by atoms with Gasteiger partial charge in [-0.3, -0.25) is 6.08 Å². The molecule has 3 heteroatoms. The molecule has 0 unspecified atom stereocenters. The molecule has 0 amide bonds. The molecule has 0 heterocycles. The molecule has 0 aliphatic heterocycles. The van der Waals surface area contributed by atoms with Gasteiger partial charge < -0.3 is 24.8 Å². The fraction of sp³-hybridized carbons (Fsp3) is 0.161. The average Bonchev–Trinajstić information content (AvgIpc) is 3.53. The Morgan fingerprint density at radius 3 is 1.74 bits per heavy atom. The number of fused-ring (bicyclic) bond motifs is 1. The van der Waals surface area contributed by atoms with Gasteiger partial charge in [0, 0.05) is 0 Å². The van der Waals surface area contributed by atoms with Gasteiger partial charge in [-0.25, -0.2) is 6.08 Å². The fourth-order valence-corrected chi connectivity index (χ4v) is 4.18. The number of allylic oxidation sites excluding steroid dienone is 4. The average molecular weight is 565 g/mol. The van der Waals surface area contributed by atoms with Crippen molar-refractivity contribution in [3.8, 4) is 0 Å². The van der Waals surface area contributed by atoms with Crippen molar-refractivity contribution in [3.05, 3.63) is 138 Å². The second-order valence-electron chi connectivity index (χ2n) is 8.72. The molecule has 0 fully saturated rings. The third-order valence-corrected chi connectivity index (χ3v) is 6.66. The van der Waals surface area contributed by atoms with Crippen LogP contribution in [0.25, 0.3) is 10.8 Å². The number of rotatable bonds is 2. The molecule has 0 atom stereocenters. The predicted molar refractivity (Wildman–Crippen MR) is 136 cm³/mol. The van der Waals surface area contributed by atoms with Gasteiger partial charge in [0.25, 0.3) is 0 Å². The van der Waals surface area contributed by atoms with Gasteiger partial charge in [-0.2, -0.15) is 29.2 Å². The predicted octanol–water partition coefficient (Wildman–Crippen LogP) is 2.09. The molecule has 5 rings (SSSR count). The fourth-order valence-electron chi connectivity index (χ4n) is 3.37. The second kappa shape index (κ2) is 15.2. The van der Waals surface area contributed by atoms with Gasteiger partial charge in [-0.15, -0.1) is 36.1 Å². The van der Waals surface area contributed by atoms with Crippen LogP contribution in [0.5, 0.6) is 0 Å². The van der Waals surface area contributed by atoms with E-state index in [1.807, 2.05) is 0 Å². The number of hydrogen-bond donors (Lipinski definition) is 0. The molecule has 1 aliphatic rings. The first-order valence-electron chi connectivity index (χ1n) is 11.0. The van der Waals surface area contributed by atoms with Crippen molar-refractivity contribution in [1.29, 1.82) is 0 Å². The van der Waals surface area contributed by atoms with Crippen LogP contribution in [0.1, 0.15) is 38.3 Å². The largest absolute Gasteiger partial charge is 0.168 e. The smallest absolute Gasteiger partial charge is 0.0809 e. The van der Waals surface area contributed by atoms with Crippen molar-refractivity contribution in [2.24, 2.45) is 5.41 Å². The van der Waals surface area contributed by atoms with Crippen LogP contribution in [0.15, 0.2) is 121 Å². The van der Waals surface area contributed by atoms with Crippen molar-refractivity contribution in [1.82, 2.24) is 0 Å². The Labute approximate surface area is 232 Å². The molecule has 4 aromatic carbocycles. The molecule has 0 bridgehead atoms. The zero-order chi connectivity index (χ0) is 22.8. The van der Waals surface area contributed by atoms with Gasteiger partial charge in [-0.1, -0.05) is 32.3 Å². The van der Waals surface area contributed by atoms with Gasteiger partial charge in [-0.05, 0) is 0 Å². The summed E-state index contributed by atoms with van der Waals surface area (Å²) in [5.41, 5.74) is 4.40. The minimum absolute atomic E-state index is 0. The van der Waals surface area contributed by atoms with Crippen LogP contribution >= 0.6 is 0 Å². The third-order valence-electron chi connectivity index (χ3n) is 5.24. The van der Waals surface area contributed by atoms with E-state index >= 15 is 0 Å². The normalized spacial score (nSPS) is 11.6. The summed E-state index contributed by atoms with van der Waals surface area (Å²) < 4.78 is 1.42. The maximum absolute atomic E-state index is 3.16. The third kappa shape index (κ3) is 9.38. The summed E-state index contributed by atoms with van der Waals surface area (Å²) >= 11 is 1.46. The summed E-state index contributed by atoms with van der Waals surface area (Å²) in [6, 6.07) is 35.8. The standard InChI is InChI=1S/C13H10.C9H7.C9H13.2ClH.Zr/c1-3-7-12(8-4-1)11-13-9-5-2-6-10-13;1-2-5-9-7-3-6-8(9)4-1;1-9(2,3)8-6-4-5-7-8;;;/h1-10H;1-7H;6-7H,4H2,1-3H3;2*1H;/q;2*-1;;;+2/p-2. The monoisotopic (exact) mass is 562 g/mol. The molecular weight excluding hydrogens is 534 g/mol. The van der Waals surface area contributed by atoms with Crippen LogP contribution in [-0.2, 0) is 24.2 Å². The summed E-state index contributed by atoms with van der Waals surface area (Å²) in [5, 5.41) is 2.66. The molecule has 0 radical (unpaired) electrons. The van der Waals surface area contributed by atoms with E-state index in [0.717, 1.165) is 6.42 Å². The SMILES string of the molecule is CC(C)(C)C1=CC[C-]=C1.[Cl-].[Cl-].[Zr+2]=[C](c1ccccc1)c1ccccc1.c1ccc2[cH-]ccc2c1. The van der Waals surface area contributed by atoms with Crippen molar-refractivity contribution in [2.75, 3.05) is 0 Å². The Kier molecular flexibility index (Phi) is 13.4. The quantitative estimate of drug-likeness (QED) is 0.328. The molecule has 4 aromatic rings. The van der Waals surface area contributed by atoms with Crippen LogP contribution in [0.4, 0.5) is 0 Å². The molecule has 1 aliphatic carbocycles. The van der Waals surface area contributed by atoms with E-state index in [0.29, 0.717) is 5.41 Å². The molecule has 0 saturated carbocycles. The van der Waals surface area contributed by atoms with Crippen LogP contribution < -0.4 is 24.8 Å². The summed E-state index contributed by atoms with van der Waals surface area (Å²) in [7, 11) is 0. The summed E-state index contributed by atoms with van der Waals surface area (Å²) in [4.78, 5) is 0. The summed E-state index contributed by atoms with van der Waals surface area (Å²) in [5.74, 6) is 0. The number of benzene rings is 3. The number of halogens is 2. The molecule has 0 saturated heterocycles. The zero-order valence-corrected chi connectivity index (χ0v) is 23.9. The van der Waals surface area contributed by atoms with E-state index < -0.39 is 0 Å². The molecule has 34 heavy (non-hydrogen) atoms. The number of hydrogen-bond acceptors (Lipinski definition) is 0. The van der Waals surface area contributed by atoms with Gasteiger partial charge in [0.05, 0.1) is 0 Å². The van der Waals surface area contributed by atoms with E-state index in [9.17, 15) is 0 Å². The zero-order valence-electron chi connectivity index (χ0n) is 19.9. The first kappa shape index (κ1) is 30.1. The van der Waals surface area contributed by atoms with Crippen LogP contribution in [0, 0.1) is 11.5 Å². The maximum Gasteiger partial charge on any atom is -0.0809 e. The second-order valence-corrected chi connectivity index (χ2v) is 9.95. The van der Waals surface area contributed by atoms with Crippen molar-refractivity contribution in [3.63, 3.8) is 0 Å². The Morgan fingerprint density at radius 2 is 1.29 bits per heavy atom. The first-order chi connectivity index (χ1) is 15.4. The van der Waals surface area contributed by atoms with Gasteiger partial charge in [0.2, 0.25) is 0 Å². The van der Waals surface area contributed by atoms with E-state index in [-0.39, 0.29) is 24.8 Å². The molecule has 174 valence electrons. The van der Waals surface area contributed by atoms with Crippen LogP contribution in [0.2, 0.25) is 0 Å². The van der Waals surface area contributed by atoms with E-state index in [1.54, 1.807) is 0 Å². The topological polar surface area (TPSA) is 0 Å². The Morgan fingerprint density at radius 1 is 0.765 bits per heavy atom. The summed E-state index contributed by atoms with van der Waals surface area (Å²) in [6.45, 7) is 6.67. The molecular formula is C31H30Cl2Zr-2. The van der Waals surface area contributed by atoms with Gasteiger partial charge >= 0.3 is 99.2 Å². The van der Waals surface area contributed by atoms with Crippen molar-refractivity contribution in [2.45, 2.75) is 27.2 Å². The van der Waals surface area contributed by atoms with Crippen LogP contribution in [0.3, 0.4) is 0 Å². The minimum atomic E-state index is 0. The molecule has 0 N–H and O–H groups in total. The Bertz CT molecular complexity index is 1110. The summed E-state index contributed by atoms with van der Waals surface area (Å²) in [6.07, 6.45) is 8.50. The van der Waals surface area contributed by atoms with E-state index in [1.165, 1.54) is 54.9 Å².